The number of methoxy groups -OCH3 is 1. The van der Waals surface area contributed by atoms with Crippen molar-refractivity contribution in [3.63, 3.8) is 0 Å². The molecule has 1 aromatic rings. The average molecular weight is 372 g/mol. The van der Waals surface area contributed by atoms with Crippen LogP contribution < -0.4 is 4.74 Å². The third-order valence-electron chi connectivity index (χ3n) is 3.13. The first-order valence-electron chi connectivity index (χ1n) is 7.15. The lowest BCUT2D eigenvalue weighted by Gasteiger charge is -2.24. The van der Waals surface area contributed by atoms with Gasteiger partial charge in [0.25, 0.3) is 0 Å². The Balaban J connectivity index is 2.83. The van der Waals surface area contributed by atoms with Crippen LogP contribution in [0.5, 0.6) is 5.75 Å². The Morgan fingerprint density at radius 3 is 2.59 bits per heavy atom. The summed E-state index contributed by atoms with van der Waals surface area (Å²) < 4.78 is 6.01. The molecule has 0 heterocycles. The number of carbonyl (C=O) groups excluding carboxylic acids is 1. The molecule has 0 bridgehead atoms. The number of carboxylic acids is 1. The van der Waals surface area contributed by atoms with Gasteiger partial charge in [-0.05, 0) is 29.7 Å². The molecule has 0 aliphatic carbocycles. The van der Waals surface area contributed by atoms with Gasteiger partial charge in [-0.2, -0.15) is 0 Å². The molecule has 0 aliphatic heterocycles. The lowest BCUT2D eigenvalue weighted by molar-refractivity contribution is -0.138. The van der Waals surface area contributed by atoms with E-state index in [9.17, 15) is 9.59 Å². The van der Waals surface area contributed by atoms with Gasteiger partial charge in [0.2, 0.25) is 5.91 Å². The first-order chi connectivity index (χ1) is 10.3. The van der Waals surface area contributed by atoms with Gasteiger partial charge in [-0.15, -0.1) is 0 Å². The molecule has 0 saturated heterocycles. The fraction of sp³-hybridized carbons (Fsp3) is 0.500. The van der Waals surface area contributed by atoms with Crippen molar-refractivity contribution in [3.8, 4) is 5.75 Å². The first kappa shape index (κ1) is 18.5. The van der Waals surface area contributed by atoms with Crippen molar-refractivity contribution < 1.29 is 19.4 Å². The highest BCUT2D eigenvalue weighted by atomic mass is 79.9. The van der Waals surface area contributed by atoms with E-state index in [2.05, 4.69) is 15.9 Å². The smallest absolute Gasteiger partial charge is 0.305 e. The molecule has 122 valence electrons. The molecule has 22 heavy (non-hydrogen) atoms. The lowest BCUT2D eigenvalue weighted by atomic mass is 10.1. The Kier molecular flexibility index (Phi) is 7.38. The van der Waals surface area contributed by atoms with Crippen LogP contribution in [0, 0.1) is 5.92 Å². The monoisotopic (exact) mass is 371 g/mol. The zero-order chi connectivity index (χ0) is 16.7. The third-order valence-corrected chi connectivity index (χ3v) is 3.90. The molecule has 5 nitrogen and oxygen atoms in total. The van der Waals surface area contributed by atoms with Crippen LogP contribution in [0.2, 0.25) is 0 Å². The van der Waals surface area contributed by atoms with E-state index in [0.717, 1.165) is 10.0 Å². The number of nitrogens with zero attached hydrogens (tertiary/aromatic N) is 1. The molecule has 0 radical (unpaired) electrons. The fourth-order valence-corrected chi connectivity index (χ4v) is 2.46. The van der Waals surface area contributed by atoms with E-state index in [0.29, 0.717) is 12.3 Å². The van der Waals surface area contributed by atoms with Gasteiger partial charge in [0.05, 0.1) is 20.0 Å². The summed E-state index contributed by atoms with van der Waals surface area (Å²) in [6, 6.07) is 5.46. The minimum Gasteiger partial charge on any atom is -0.497 e. The van der Waals surface area contributed by atoms with Crippen LogP contribution in [0.3, 0.4) is 0 Å². The summed E-state index contributed by atoms with van der Waals surface area (Å²) in [7, 11) is 1.58. The molecule has 1 aromatic carbocycles. The predicted molar refractivity (Wildman–Crippen MR) is 88.1 cm³/mol. The number of carbonyl (C=O) groups is 2. The minimum atomic E-state index is -0.899. The normalized spacial score (nSPS) is 10.6. The Bertz CT molecular complexity index is 531. The molecular weight excluding hydrogens is 350 g/mol. The van der Waals surface area contributed by atoms with E-state index >= 15 is 0 Å². The van der Waals surface area contributed by atoms with Gasteiger partial charge in [0.1, 0.15) is 5.75 Å². The zero-order valence-corrected chi connectivity index (χ0v) is 14.7. The second kappa shape index (κ2) is 8.78. The summed E-state index contributed by atoms with van der Waals surface area (Å²) >= 11 is 3.43. The van der Waals surface area contributed by atoms with Gasteiger partial charge in [-0.1, -0.05) is 29.8 Å². The van der Waals surface area contributed by atoms with E-state index in [-0.39, 0.29) is 31.2 Å². The van der Waals surface area contributed by atoms with Crippen LogP contribution in [0.15, 0.2) is 22.7 Å². The maximum Gasteiger partial charge on any atom is 0.305 e. The molecular formula is C16H22BrNO4. The summed E-state index contributed by atoms with van der Waals surface area (Å²) in [6.45, 7) is 4.78. The summed E-state index contributed by atoms with van der Waals surface area (Å²) in [6.07, 6.45) is 0.169. The lowest BCUT2D eigenvalue weighted by Crippen LogP contribution is -2.37. The molecule has 0 atom stereocenters. The van der Waals surface area contributed by atoms with E-state index in [1.54, 1.807) is 12.0 Å². The fourth-order valence-electron chi connectivity index (χ4n) is 2.08. The zero-order valence-electron chi connectivity index (χ0n) is 13.1. The van der Waals surface area contributed by atoms with Crippen LogP contribution in [0.1, 0.15) is 25.8 Å². The van der Waals surface area contributed by atoms with Crippen LogP contribution in [-0.2, 0) is 16.0 Å². The first-order valence-corrected chi connectivity index (χ1v) is 7.94. The standard InChI is InChI=1S/C16H22BrNO4/c1-11(2)10-18(7-6-16(20)21)15(19)9-12-8-13(22-3)4-5-14(12)17/h4-5,8,11H,6-7,9-10H2,1-3H3,(H,20,21). The third kappa shape index (κ3) is 6.05. The summed E-state index contributed by atoms with van der Waals surface area (Å²) in [5.74, 6) is -0.00791. The Morgan fingerprint density at radius 2 is 2.05 bits per heavy atom. The van der Waals surface area contributed by atoms with Crippen LogP contribution in [-0.4, -0.2) is 42.1 Å². The van der Waals surface area contributed by atoms with Gasteiger partial charge in [-0.3, -0.25) is 9.59 Å². The Labute approximate surface area is 139 Å². The molecule has 0 aliphatic rings. The molecule has 1 amide bonds. The van der Waals surface area contributed by atoms with Crippen molar-refractivity contribution in [2.75, 3.05) is 20.2 Å². The Hall–Kier alpha value is -1.56. The average Bonchev–Trinajstić information content (AvgIpc) is 2.45. The SMILES string of the molecule is COc1ccc(Br)c(CC(=O)N(CCC(=O)O)CC(C)C)c1. The Morgan fingerprint density at radius 1 is 1.36 bits per heavy atom. The van der Waals surface area contributed by atoms with Crippen molar-refractivity contribution in [2.24, 2.45) is 5.92 Å². The summed E-state index contributed by atoms with van der Waals surface area (Å²) in [4.78, 5) is 24.8. The molecule has 0 unspecified atom stereocenters. The molecule has 1 N–H and O–H groups in total. The van der Waals surface area contributed by atoms with E-state index in [1.807, 2.05) is 32.0 Å². The largest absolute Gasteiger partial charge is 0.497 e. The molecule has 0 saturated carbocycles. The highest BCUT2D eigenvalue weighted by molar-refractivity contribution is 9.10. The van der Waals surface area contributed by atoms with E-state index < -0.39 is 5.97 Å². The number of aliphatic carboxylic acids is 1. The van der Waals surface area contributed by atoms with Gasteiger partial charge in [0.15, 0.2) is 0 Å². The van der Waals surface area contributed by atoms with Crippen molar-refractivity contribution in [1.82, 2.24) is 4.90 Å². The number of benzene rings is 1. The summed E-state index contributed by atoms with van der Waals surface area (Å²) in [5, 5.41) is 8.82. The number of carboxylic acid groups (broad SMARTS) is 1. The van der Waals surface area contributed by atoms with Crippen molar-refractivity contribution in [3.05, 3.63) is 28.2 Å². The van der Waals surface area contributed by atoms with Gasteiger partial charge in [0, 0.05) is 17.6 Å². The van der Waals surface area contributed by atoms with Crippen LogP contribution in [0.4, 0.5) is 0 Å². The number of rotatable bonds is 8. The molecule has 0 fully saturated rings. The number of halogens is 1. The van der Waals surface area contributed by atoms with Crippen molar-refractivity contribution in [2.45, 2.75) is 26.7 Å². The second-order valence-electron chi connectivity index (χ2n) is 5.51. The van der Waals surface area contributed by atoms with Crippen molar-refractivity contribution >= 4 is 27.8 Å². The highest BCUT2D eigenvalue weighted by Gasteiger charge is 2.18. The molecule has 0 aromatic heterocycles. The maximum atomic E-state index is 12.5. The van der Waals surface area contributed by atoms with E-state index in [4.69, 9.17) is 9.84 Å². The minimum absolute atomic E-state index is 0.0439. The number of ether oxygens (including phenoxy) is 1. The van der Waals surface area contributed by atoms with Crippen molar-refractivity contribution in [1.29, 1.82) is 0 Å². The highest BCUT2D eigenvalue weighted by Crippen LogP contribution is 2.23. The predicted octanol–water partition coefficient (Wildman–Crippen LogP) is 2.96. The van der Waals surface area contributed by atoms with Crippen LogP contribution in [0.25, 0.3) is 0 Å². The summed E-state index contributed by atoms with van der Waals surface area (Å²) in [5.41, 5.74) is 0.827. The van der Waals surface area contributed by atoms with Gasteiger partial charge in [-0.25, -0.2) is 0 Å². The van der Waals surface area contributed by atoms with Gasteiger partial charge < -0.3 is 14.7 Å². The van der Waals surface area contributed by atoms with Crippen LogP contribution >= 0.6 is 15.9 Å². The number of hydrogen-bond donors (Lipinski definition) is 1. The quantitative estimate of drug-likeness (QED) is 0.762. The van der Waals surface area contributed by atoms with Gasteiger partial charge >= 0.3 is 5.97 Å². The molecule has 0 spiro atoms. The topological polar surface area (TPSA) is 66.8 Å². The molecule has 1 rings (SSSR count). The number of amides is 1. The number of hydrogen-bond acceptors (Lipinski definition) is 3. The maximum absolute atomic E-state index is 12.5. The second-order valence-corrected chi connectivity index (χ2v) is 6.37. The molecule has 6 heteroatoms. The van der Waals surface area contributed by atoms with E-state index in [1.165, 1.54) is 0 Å².